The standard InChI is InChI=1S/C15H21NO3/c1-3-12(2)9-14(17)16(11-15(18)19)10-13-7-5-4-6-8-13/h4-8,12H,3,9-11H2,1-2H3,(H,18,19). The number of aliphatic carboxylic acids is 1. The second kappa shape index (κ2) is 7.56. The molecule has 1 amide bonds. The number of hydrogen-bond acceptors (Lipinski definition) is 2. The Labute approximate surface area is 114 Å². The fourth-order valence-electron chi connectivity index (χ4n) is 1.77. The van der Waals surface area contributed by atoms with Crippen LogP contribution < -0.4 is 0 Å². The lowest BCUT2D eigenvalue weighted by Gasteiger charge is -2.22. The average molecular weight is 263 g/mol. The molecular weight excluding hydrogens is 242 g/mol. The monoisotopic (exact) mass is 263 g/mol. The summed E-state index contributed by atoms with van der Waals surface area (Å²) in [5, 5.41) is 8.91. The van der Waals surface area contributed by atoms with Crippen molar-refractivity contribution in [1.82, 2.24) is 4.90 Å². The normalized spacial score (nSPS) is 11.9. The van der Waals surface area contributed by atoms with Gasteiger partial charge in [0.15, 0.2) is 0 Å². The SMILES string of the molecule is CCC(C)CC(=O)N(CC(=O)O)Cc1ccccc1. The van der Waals surface area contributed by atoms with Crippen LogP contribution in [0.15, 0.2) is 30.3 Å². The molecule has 0 aromatic heterocycles. The molecular formula is C15H21NO3. The highest BCUT2D eigenvalue weighted by atomic mass is 16.4. The third kappa shape index (κ3) is 5.55. The van der Waals surface area contributed by atoms with Crippen LogP contribution in [0.4, 0.5) is 0 Å². The molecule has 0 fully saturated rings. The molecule has 0 saturated heterocycles. The summed E-state index contributed by atoms with van der Waals surface area (Å²) in [6.45, 7) is 4.13. The number of nitrogens with zero attached hydrogens (tertiary/aromatic N) is 1. The van der Waals surface area contributed by atoms with Gasteiger partial charge in [0, 0.05) is 13.0 Å². The van der Waals surface area contributed by atoms with E-state index in [9.17, 15) is 9.59 Å². The Morgan fingerprint density at radius 2 is 1.89 bits per heavy atom. The van der Waals surface area contributed by atoms with Crippen molar-refractivity contribution in [2.45, 2.75) is 33.2 Å². The zero-order chi connectivity index (χ0) is 14.3. The molecule has 1 atom stereocenters. The minimum Gasteiger partial charge on any atom is -0.480 e. The summed E-state index contributed by atoms with van der Waals surface area (Å²) in [6, 6.07) is 9.45. The van der Waals surface area contributed by atoms with Crippen molar-refractivity contribution in [2.24, 2.45) is 5.92 Å². The van der Waals surface area contributed by atoms with E-state index in [1.54, 1.807) is 0 Å². The van der Waals surface area contributed by atoms with Crippen LogP contribution in [0.2, 0.25) is 0 Å². The molecule has 104 valence electrons. The summed E-state index contributed by atoms with van der Waals surface area (Å²) in [4.78, 5) is 24.4. The summed E-state index contributed by atoms with van der Waals surface area (Å²) in [6.07, 6.45) is 1.31. The third-order valence-corrected chi connectivity index (χ3v) is 3.12. The van der Waals surface area contributed by atoms with Crippen LogP contribution in [-0.2, 0) is 16.1 Å². The van der Waals surface area contributed by atoms with Crippen molar-refractivity contribution >= 4 is 11.9 Å². The molecule has 0 saturated carbocycles. The Morgan fingerprint density at radius 3 is 2.42 bits per heavy atom. The molecule has 1 unspecified atom stereocenters. The van der Waals surface area contributed by atoms with Gasteiger partial charge in [0.05, 0.1) is 0 Å². The van der Waals surface area contributed by atoms with Gasteiger partial charge in [-0.05, 0) is 11.5 Å². The molecule has 1 N–H and O–H groups in total. The second-order valence-corrected chi connectivity index (χ2v) is 4.85. The lowest BCUT2D eigenvalue weighted by molar-refractivity contribution is -0.145. The summed E-state index contributed by atoms with van der Waals surface area (Å²) in [7, 11) is 0. The topological polar surface area (TPSA) is 57.6 Å². The summed E-state index contributed by atoms with van der Waals surface area (Å²) in [5.41, 5.74) is 0.946. The zero-order valence-corrected chi connectivity index (χ0v) is 11.5. The van der Waals surface area contributed by atoms with E-state index in [4.69, 9.17) is 5.11 Å². The number of rotatable bonds is 7. The second-order valence-electron chi connectivity index (χ2n) is 4.85. The number of carboxylic acids is 1. The van der Waals surface area contributed by atoms with Gasteiger partial charge in [0.1, 0.15) is 6.54 Å². The van der Waals surface area contributed by atoms with E-state index in [2.05, 4.69) is 0 Å². The molecule has 0 spiro atoms. The minimum atomic E-state index is -0.978. The van der Waals surface area contributed by atoms with Gasteiger partial charge in [-0.25, -0.2) is 0 Å². The van der Waals surface area contributed by atoms with Crippen LogP contribution in [0.3, 0.4) is 0 Å². The van der Waals surface area contributed by atoms with Crippen LogP contribution >= 0.6 is 0 Å². The van der Waals surface area contributed by atoms with E-state index in [1.807, 2.05) is 44.2 Å². The van der Waals surface area contributed by atoms with Gasteiger partial charge in [0.2, 0.25) is 5.91 Å². The van der Waals surface area contributed by atoms with Crippen LogP contribution in [0, 0.1) is 5.92 Å². The van der Waals surface area contributed by atoms with Crippen molar-refractivity contribution in [3.05, 3.63) is 35.9 Å². The predicted molar refractivity (Wildman–Crippen MR) is 73.6 cm³/mol. The van der Waals surface area contributed by atoms with Gasteiger partial charge >= 0.3 is 5.97 Å². The number of amides is 1. The summed E-state index contributed by atoms with van der Waals surface area (Å²) in [5.74, 6) is -0.798. The Morgan fingerprint density at radius 1 is 1.26 bits per heavy atom. The lowest BCUT2D eigenvalue weighted by Crippen LogP contribution is -2.35. The van der Waals surface area contributed by atoms with Gasteiger partial charge in [-0.1, -0.05) is 50.6 Å². The minimum absolute atomic E-state index is 0.0967. The summed E-state index contributed by atoms with van der Waals surface area (Å²) < 4.78 is 0. The zero-order valence-electron chi connectivity index (χ0n) is 11.5. The van der Waals surface area contributed by atoms with Gasteiger partial charge in [-0.15, -0.1) is 0 Å². The van der Waals surface area contributed by atoms with Crippen LogP contribution in [0.25, 0.3) is 0 Å². The highest BCUT2D eigenvalue weighted by Crippen LogP contribution is 2.12. The van der Waals surface area contributed by atoms with E-state index in [0.717, 1.165) is 12.0 Å². The van der Waals surface area contributed by atoms with Crippen LogP contribution in [0.1, 0.15) is 32.3 Å². The molecule has 0 aliphatic rings. The predicted octanol–water partition coefficient (Wildman–Crippen LogP) is 2.54. The smallest absolute Gasteiger partial charge is 0.323 e. The van der Waals surface area contributed by atoms with Crippen molar-refractivity contribution in [3.63, 3.8) is 0 Å². The maximum atomic E-state index is 12.1. The van der Waals surface area contributed by atoms with Crippen molar-refractivity contribution in [1.29, 1.82) is 0 Å². The van der Waals surface area contributed by atoms with Crippen LogP contribution in [0.5, 0.6) is 0 Å². The van der Waals surface area contributed by atoms with E-state index >= 15 is 0 Å². The molecule has 1 aromatic carbocycles. The van der Waals surface area contributed by atoms with Gasteiger partial charge in [0.25, 0.3) is 0 Å². The van der Waals surface area contributed by atoms with Gasteiger partial charge in [-0.3, -0.25) is 9.59 Å². The Kier molecular flexibility index (Phi) is 6.06. The molecule has 0 radical (unpaired) electrons. The number of carboxylic acid groups (broad SMARTS) is 1. The van der Waals surface area contributed by atoms with Crippen molar-refractivity contribution in [3.8, 4) is 0 Å². The Bertz CT molecular complexity index is 417. The first-order valence-electron chi connectivity index (χ1n) is 6.56. The number of hydrogen-bond donors (Lipinski definition) is 1. The molecule has 0 aliphatic carbocycles. The van der Waals surface area contributed by atoms with Crippen molar-refractivity contribution < 1.29 is 14.7 Å². The van der Waals surface area contributed by atoms with Gasteiger partial charge in [-0.2, -0.15) is 0 Å². The number of carbonyl (C=O) groups is 2. The number of benzene rings is 1. The molecule has 1 aromatic rings. The molecule has 0 aliphatic heterocycles. The quantitative estimate of drug-likeness (QED) is 0.822. The van der Waals surface area contributed by atoms with E-state index in [-0.39, 0.29) is 18.4 Å². The molecule has 19 heavy (non-hydrogen) atoms. The lowest BCUT2D eigenvalue weighted by atomic mass is 10.0. The fraction of sp³-hybridized carbons (Fsp3) is 0.467. The van der Waals surface area contributed by atoms with E-state index in [1.165, 1.54) is 4.90 Å². The summed E-state index contributed by atoms with van der Waals surface area (Å²) >= 11 is 0. The van der Waals surface area contributed by atoms with Gasteiger partial charge < -0.3 is 10.0 Å². The highest BCUT2D eigenvalue weighted by Gasteiger charge is 2.18. The maximum absolute atomic E-state index is 12.1. The molecule has 1 rings (SSSR count). The first-order valence-corrected chi connectivity index (χ1v) is 6.56. The first-order chi connectivity index (χ1) is 9.02. The Balaban J connectivity index is 2.71. The maximum Gasteiger partial charge on any atom is 0.323 e. The average Bonchev–Trinajstić information content (AvgIpc) is 2.38. The van der Waals surface area contributed by atoms with Crippen LogP contribution in [-0.4, -0.2) is 28.4 Å². The molecule has 0 bridgehead atoms. The molecule has 4 nitrogen and oxygen atoms in total. The highest BCUT2D eigenvalue weighted by molar-refractivity contribution is 5.81. The number of carbonyl (C=O) groups excluding carboxylic acids is 1. The molecule has 4 heteroatoms. The fourth-order valence-corrected chi connectivity index (χ4v) is 1.77. The third-order valence-electron chi connectivity index (χ3n) is 3.12. The molecule has 0 heterocycles. The Hall–Kier alpha value is -1.84. The largest absolute Gasteiger partial charge is 0.480 e. The van der Waals surface area contributed by atoms with Crippen molar-refractivity contribution in [2.75, 3.05) is 6.54 Å². The van der Waals surface area contributed by atoms with E-state index in [0.29, 0.717) is 13.0 Å². The van der Waals surface area contributed by atoms with E-state index < -0.39 is 5.97 Å². The first kappa shape index (κ1) is 15.2.